The molecule has 0 unspecified atom stereocenters. The summed E-state index contributed by atoms with van der Waals surface area (Å²) in [5.41, 5.74) is 9.59. The van der Waals surface area contributed by atoms with Crippen molar-refractivity contribution in [2.45, 2.75) is 137 Å². The van der Waals surface area contributed by atoms with Crippen LogP contribution in [0.4, 0.5) is 0 Å². The molecule has 4 nitrogen and oxygen atoms in total. The van der Waals surface area contributed by atoms with Crippen LogP contribution in [-0.2, 0) is 48.1 Å². The molecule has 6 aromatic carbocycles. The van der Waals surface area contributed by atoms with Gasteiger partial charge >= 0.3 is 0 Å². The minimum atomic E-state index is -0.592. The van der Waals surface area contributed by atoms with Crippen LogP contribution in [0.2, 0.25) is 0 Å². The summed E-state index contributed by atoms with van der Waals surface area (Å²) in [5, 5.41) is 12.6. The first kappa shape index (κ1) is 42.5. The molecule has 5 heteroatoms. The van der Waals surface area contributed by atoms with Crippen molar-refractivity contribution < 1.29 is 34.4 Å². The number of aromatic hydroxyl groups is 1. The first-order valence-electron chi connectivity index (χ1n) is 26.6. The SMILES string of the molecule is [2H]c1cc(-c2c([2H])c([2H])nc(-c3[c-]c(-c4cccc5c4nc(-c4cc(C(C)(C)C)cc(C(C)(C)C)c4O)n5-c4ccc(C(C)(C)CC)cc4-c4ccccc4)cc(C(C)(C)C)c3)c2[2H])c([2H])c([2H])c1C(C)(C)C.[Pt]. The number of rotatable bonds is 8. The van der Waals surface area contributed by atoms with Crippen LogP contribution in [0.25, 0.3) is 72.7 Å². The maximum Gasteiger partial charge on any atom is 0.148 e. The predicted molar refractivity (Wildman–Crippen MR) is 285 cm³/mol. The molecule has 1 N–H and O–H groups in total. The zero-order valence-electron chi connectivity index (χ0n) is 48.5. The van der Waals surface area contributed by atoms with Crippen LogP contribution < -0.4 is 0 Å². The van der Waals surface area contributed by atoms with Crippen LogP contribution >= 0.6 is 0 Å². The Morgan fingerprint density at radius 2 is 1.22 bits per heavy atom. The minimum Gasteiger partial charge on any atom is -0.507 e. The Bertz CT molecular complexity index is 3480. The molecule has 8 rings (SSSR count). The molecule has 0 bridgehead atoms. The summed E-state index contributed by atoms with van der Waals surface area (Å²) in [6.07, 6.45) is 0.552. The van der Waals surface area contributed by atoms with Crippen molar-refractivity contribution in [1.82, 2.24) is 14.5 Å². The number of aromatic nitrogens is 3. The van der Waals surface area contributed by atoms with E-state index in [2.05, 4.69) is 165 Å². The summed E-state index contributed by atoms with van der Waals surface area (Å²) < 4.78 is 57.0. The molecule has 0 radical (unpaired) electrons. The fourth-order valence-electron chi connectivity index (χ4n) is 8.50. The van der Waals surface area contributed by atoms with E-state index in [1.165, 1.54) is 11.6 Å². The summed E-state index contributed by atoms with van der Waals surface area (Å²) in [6, 6.07) is 35.6. The average molecular weight is 1090 g/mol. The quantitative estimate of drug-likeness (QED) is 0.154. The van der Waals surface area contributed by atoms with Crippen molar-refractivity contribution in [2.24, 2.45) is 0 Å². The third-order valence-electron chi connectivity index (χ3n) is 13.3. The van der Waals surface area contributed by atoms with Crippen molar-refractivity contribution in [1.29, 1.82) is 0 Å². The number of hydrogen-bond donors (Lipinski definition) is 1. The zero-order valence-corrected chi connectivity index (χ0v) is 44.8. The Labute approximate surface area is 430 Å². The van der Waals surface area contributed by atoms with E-state index in [1.54, 1.807) is 0 Å². The van der Waals surface area contributed by atoms with E-state index < -0.39 is 22.4 Å². The third-order valence-corrected chi connectivity index (χ3v) is 13.3. The van der Waals surface area contributed by atoms with Gasteiger partial charge in [-0.1, -0.05) is 200 Å². The molecule has 0 aliphatic rings. The molecule has 2 heterocycles. The van der Waals surface area contributed by atoms with Crippen LogP contribution in [-0.4, -0.2) is 19.6 Å². The van der Waals surface area contributed by atoms with E-state index in [4.69, 9.17) is 11.8 Å². The molecule has 0 spiro atoms. The van der Waals surface area contributed by atoms with Gasteiger partial charge in [0.2, 0.25) is 0 Å². The fourth-order valence-corrected chi connectivity index (χ4v) is 8.50. The van der Waals surface area contributed by atoms with Crippen LogP contribution in [0.15, 0.2) is 133 Å². The topological polar surface area (TPSA) is 50.9 Å². The van der Waals surface area contributed by atoms with Crippen LogP contribution in [0.1, 0.15) is 146 Å². The summed E-state index contributed by atoms with van der Waals surface area (Å²) in [6.45, 7) is 31.6. The number of hydrogen-bond acceptors (Lipinski definition) is 3. The third kappa shape index (κ3) is 9.95. The summed E-state index contributed by atoms with van der Waals surface area (Å²) in [5.74, 6) is 0.735. The number of imidazole rings is 1. The van der Waals surface area contributed by atoms with E-state index in [0.29, 0.717) is 33.6 Å². The van der Waals surface area contributed by atoms with Gasteiger partial charge in [-0.05, 0) is 97.2 Å². The largest absolute Gasteiger partial charge is 0.507 e. The van der Waals surface area contributed by atoms with Gasteiger partial charge in [-0.3, -0.25) is 9.55 Å². The number of nitrogens with zero attached hydrogens (tertiary/aromatic N) is 3. The number of para-hydroxylation sites is 1. The zero-order chi connectivity index (χ0) is 53.7. The van der Waals surface area contributed by atoms with Gasteiger partial charge in [0.05, 0.1) is 30.5 Å². The van der Waals surface area contributed by atoms with E-state index in [1.807, 2.05) is 45.0 Å². The van der Waals surface area contributed by atoms with Crippen molar-refractivity contribution in [2.75, 3.05) is 0 Å². The molecule has 0 aliphatic heterocycles. The molecular formula is C63H70N3OPt-. The second-order valence-electron chi connectivity index (χ2n) is 22.9. The Morgan fingerprint density at radius 3 is 1.87 bits per heavy atom. The Balaban J connectivity index is 0.00000800. The van der Waals surface area contributed by atoms with Crippen molar-refractivity contribution in [3.05, 3.63) is 167 Å². The molecule has 0 atom stereocenters. The molecule has 0 fully saturated rings. The molecular weight excluding hydrogens is 1010 g/mol. The Hall–Kier alpha value is -5.57. The monoisotopic (exact) mass is 1090 g/mol. The first-order chi connectivity index (χ1) is 33.8. The number of fused-ring (bicyclic) bond motifs is 1. The predicted octanol–water partition coefficient (Wildman–Crippen LogP) is 17.1. The van der Waals surface area contributed by atoms with E-state index in [0.717, 1.165) is 51.0 Å². The number of phenols is 1. The summed E-state index contributed by atoms with van der Waals surface area (Å²) >= 11 is 0. The van der Waals surface area contributed by atoms with E-state index in [9.17, 15) is 6.48 Å². The fraction of sp³-hybridized carbons (Fsp3) is 0.333. The van der Waals surface area contributed by atoms with Crippen molar-refractivity contribution in [3.8, 4) is 67.5 Å². The summed E-state index contributed by atoms with van der Waals surface area (Å²) in [7, 11) is 0. The van der Waals surface area contributed by atoms with Gasteiger partial charge in [0.25, 0.3) is 0 Å². The second kappa shape index (κ2) is 18.4. The van der Waals surface area contributed by atoms with Gasteiger partial charge in [0.1, 0.15) is 11.6 Å². The molecule has 0 saturated carbocycles. The molecule has 0 amide bonds. The second-order valence-corrected chi connectivity index (χ2v) is 22.9. The van der Waals surface area contributed by atoms with Gasteiger partial charge in [-0.2, -0.15) is 0 Å². The van der Waals surface area contributed by atoms with E-state index in [-0.39, 0.29) is 84.7 Å². The first-order valence-corrected chi connectivity index (χ1v) is 23.6. The molecule has 0 saturated heterocycles. The maximum absolute atomic E-state index is 12.6. The van der Waals surface area contributed by atoms with Crippen LogP contribution in [0.3, 0.4) is 0 Å². The molecule has 2 aromatic heterocycles. The van der Waals surface area contributed by atoms with Crippen molar-refractivity contribution >= 4 is 11.0 Å². The Morgan fingerprint density at radius 1 is 0.574 bits per heavy atom. The van der Waals surface area contributed by atoms with Gasteiger partial charge in [-0.15, -0.1) is 29.3 Å². The van der Waals surface area contributed by atoms with Crippen molar-refractivity contribution in [3.63, 3.8) is 0 Å². The molecule has 68 heavy (non-hydrogen) atoms. The Kier molecular flexibility index (Phi) is 11.5. The minimum absolute atomic E-state index is 0. The standard InChI is InChI=1S/C63H70N3O.Pt/c1-16-63(14,15)46-29-30-54(50(37-46)41-21-18-17-19-22-41)66-55-24-20-23-49(56(55)65-58(66)51-38-48(61(8,9)10)39-52(57(51)67)62(11,12)13)43-33-44(35-47(34-43)60(5,6)7)53-36-42(31-32-64-53)40-25-27-45(28-26-40)59(2,3)4;/h17-32,34-39,67H,16H2,1-15H3;/q-1;/i25D,27D,28D,31D,32D,36D;. The van der Waals surface area contributed by atoms with Gasteiger partial charge in [-0.25, -0.2) is 4.98 Å². The van der Waals surface area contributed by atoms with Gasteiger partial charge in [0, 0.05) is 44.1 Å². The number of benzene rings is 6. The van der Waals surface area contributed by atoms with Gasteiger partial charge in [0.15, 0.2) is 0 Å². The molecule has 8 aromatic rings. The van der Waals surface area contributed by atoms with E-state index >= 15 is 0 Å². The molecule has 0 aliphatic carbocycles. The smallest absolute Gasteiger partial charge is 0.148 e. The number of pyridine rings is 1. The normalized spacial score (nSPS) is 13.9. The van der Waals surface area contributed by atoms with Gasteiger partial charge < -0.3 is 5.11 Å². The molecule has 354 valence electrons. The van der Waals surface area contributed by atoms with Crippen LogP contribution in [0, 0.1) is 6.07 Å². The van der Waals surface area contributed by atoms with Crippen LogP contribution in [0.5, 0.6) is 5.75 Å². The summed E-state index contributed by atoms with van der Waals surface area (Å²) in [4.78, 5) is 10.2. The number of phenolic OH excluding ortho intramolecular Hbond substituents is 1. The maximum atomic E-state index is 12.6. The average Bonchev–Trinajstić information content (AvgIpc) is 3.69.